The van der Waals surface area contributed by atoms with Gasteiger partial charge in [-0.2, -0.15) is 0 Å². The van der Waals surface area contributed by atoms with Crippen LogP contribution in [0, 0.1) is 27.7 Å². The number of hydrogen-bond acceptors (Lipinski definition) is 4. The predicted octanol–water partition coefficient (Wildman–Crippen LogP) is 4.11. The fraction of sp³-hybridized carbons (Fsp3) is 0.400. The maximum atomic E-state index is 12.8. The van der Waals surface area contributed by atoms with Crippen LogP contribution in [0.5, 0.6) is 0 Å². The Hall–Kier alpha value is -2.56. The molecular formula is C20H26N2O3. The highest BCUT2D eigenvalue weighted by Crippen LogP contribution is 2.22. The molecule has 0 saturated heterocycles. The van der Waals surface area contributed by atoms with Gasteiger partial charge in [-0.15, -0.1) is 0 Å². The first-order valence-electron chi connectivity index (χ1n) is 8.50. The zero-order valence-electron chi connectivity index (χ0n) is 15.7. The molecule has 1 heterocycles. The molecule has 0 saturated carbocycles. The second kappa shape index (κ2) is 7.55. The number of aromatic nitrogens is 1. The van der Waals surface area contributed by atoms with Crippen molar-refractivity contribution in [3.05, 3.63) is 51.8 Å². The van der Waals surface area contributed by atoms with Crippen molar-refractivity contribution in [3.8, 4) is 0 Å². The Bertz CT molecular complexity index is 806. The zero-order chi connectivity index (χ0) is 18.7. The standard InChI is InChI=1S/C20H26N2O3/c1-7-25-20(24)17-13(4)18(22-14(17)5)19(23)15(6)21-16-9-8-11(2)12(3)10-16/h8-10,15,21-22H,7H2,1-6H3/t15-/m1/s1. The van der Waals surface area contributed by atoms with Crippen LogP contribution in [-0.4, -0.2) is 29.4 Å². The number of aryl methyl sites for hydroxylation is 3. The van der Waals surface area contributed by atoms with Crippen LogP contribution in [0.2, 0.25) is 0 Å². The molecule has 0 aliphatic heterocycles. The molecule has 0 bridgehead atoms. The first-order chi connectivity index (χ1) is 11.8. The van der Waals surface area contributed by atoms with Crippen molar-refractivity contribution in [2.24, 2.45) is 0 Å². The van der Waals surface area contributed by atoms with Crippen molar-refractivity contribution in [3.63, 3.8) is 0 Å². The summed E-state index contributed by atoms with van der Waals surface area (Å²) in [4.78, 5) is 28.0. The fourth-order valence-corrected chi connectivity index (χ4v) is 2.87. The number of carbonyl (C=O) groups excluding carboxylic acids is 2. The number of benzene rings is 1. The number of nitrogens with one attached hydrogen (secondary N) is 2. The first-order valence-corrected chi connectivity index (χ1v) is 8.50. The van der Waals surface area contributed by atoms with Gasteiger partial charge in [-0.05, 0) is 70.4 Å². The largest absolute Gasteiger partial charge is 0.462 e. The van der Waals surface area contributed by atoms with Crippen molar-refractivity contribution in [1.82, 2.24) is 4.98 Å². The van der Waals surface area contributed by atoms with Crippen LogP contribution in [0.25, 0.3) is 0 Å². The molecule has 0 aliphatic carbocycles. The highest BCUT2D eigenvalue weighted by Gasteiger charge is 2.25. The number of aromatic amines is 1. The summed E-state index contributed by atoms with van der Waals surface area (Å²) in [6.07, 6.45) is 0. The van der Waals surface area contributed by atoms with Crippen LogP contribution in [0.4, 0.5) is 5.69 Å². The van der Waals surface area contributed by atoms with Crippen LogP contribution in [0.3, 0.4) is 0 Å². The summed E-state index contributed by atoms with van der Waals surface area (Å²) in [7, 11) is 0. The molecule has 134 valence electrons. The highest BCUT2D eigenvalue weighted by molar-refractivity contribution is 6.04. The summed E-state index contributed by atoms with van der Waals surface area (Å²) in [5.41, 5.74) is 5.46. The fourth-order valence-electron chi connectivity index (χ4n) is 2.87. The Morgan fingerprint density at radius 2 is 1.84 bits per heavy atom. The molecule has 2 rings (SSSR count). The van der Waals surface area contributed by atoms with Crippen molar-refractivity contribution in [1.29, 1.82) is 0 Å². The molecule has 1 atom stereocenters. The van der Waals surface area contributed by atoms with Crippen LogP contribution in [-0.2, 0) is 4.74 Å². The molecule has 5 nitrogen and oxygen atoms in total. The molecule has 2 aromatic rings. The van der Waals surface area contributed by atoms with Gasteiger partial charge in [0.2, 0.25) is 5.78 Å². The molecule has 0 amide bonds. The van der Waals surface area contributed by atoms with Gasteiger partial charge in [0, 0.05) is 11.4 Å². The summed E-state index contributed by atoms with van der Waals surface area (Å²) < 4.78 is 5.08. The summed E-state index contributed by atoms with van der Waals surface area (Å²) in [6, 6.07) is 5.59. The van der Waals surface area contributed by atoms with Gasteiger partial charge >= 0.3 is 5.97 Å². The van der Waals surface area contributed by atoms with Gasteiger partial charge < -0.3 is 15.0 Å². The van der Waals surface area contributed by atoms with Crippen LogP contribution < -0.4 is 5.32 Å². The van der Waals surface area contributed by atoms with Crippen LogP contribution >= 0.6 is 0 Å². The molecule has 0 aliphatic rings. The molecule has 0 radical (unpaired) electrons. The molecule has 1 aromatic carbocycles. The van der Waals surface area contributed by atoms with Gasteiger partial charge in [-0.1, -0.05) is 6.07 Å². The monoisotopic (exact) mass is 342 g/mol. The number of ketones is 1. The van der Waals surface area contributed by atoms with E-state index in [0.717, 1.165) is 5.69 Å². The average Bonchev–Trinajstić information content (AvgIpc) is 2.85. The minimum Gasteiger partial charge on any atom is -0.462 e. The highest BCUT2D eigenvalue weighted by atomic mass is 16.5. The van der Waals surface area contributed by atoms with Crippen molar-refractivity contribution in [2.75, 3.05) is 11.9 Å². The summed E-state index contributed by atoms with van der Waals surface area (Å²) in [5, 5.41) is 3.23. The number of Topliss-reactive ketones (excluding diaryl/α,β-unsaturated/α-hetero) is 1. The Morgan fingerprint density at radius 3 is 2.44 bits per heavy atom. The van der Waals surface area contributed by atoms with Crippen molar-refractivity contribution in [2.45, 2.75) is 47.6 Å². The minimum absolute atomic E-state index is 0.0885. The van der Waals surface area contributed by atoms with E-state index in [-0.39, 0.29) is 5.78 Å². The van der Waals surface area contributed by atoms with Gasteiger partial charge in [0.25, 0.3) is 0 Å². The summed E-state index contributed by atoms with van der Waals surface area (Å²) in [6.45, 7) is 11.5. The number of carbonyl (C=O) groups is 2. The number of H-pyrrole nitrogens is 1. The minimum atomic E-state index is -0.422. The van der Waals surface area contributed by atoms with Gasteiger partial charge in [0.15, 0.2) is 0 Å². The van der Waals surface area contributed by atoms with E-state index < -0.39 is 12.0 Å². The SMILES string of the molecule is CCOC(=O)c1c(C)[nH]c(C(=O)[C@@H](C)Nc2ccc(C)c(C)c2)c1C. The maximum Gasteiger partial charge on any atom is 0.340 e. The number of ether oxygens (including phenoxy) is 1. The Kier molecular flexibility index (Phi) is 5.67. The van der Waals surface area contributed by atoms with E-state index >= 15 is 0 Å². The molecule has 0 spiro atoms. The van der Waals surface area contributed by atoms with E-state index in [1.54, 1.807) is 20.8 Å². The topological polar surface area (TPSA) is 71.2 Å². The summed E-state index contributed by atoms with van der Waals surface area (Å²) in [5.74, 6) is -0.489. The van der Waals surface area contributed by atoms with E-state index in [0.29, 0.717) is 29.1 Å². The van der Waals surface area contributed by atoms with Gasteiger partial charge in [0.05, 0.1) is 23.9 Å². The number of esters is 1. The van der Waals surface area contributed by atoms with E-state index in [1.807, 2.05) is 32.0 Å². The normalized spacial score (nSPS) is 11.9. The number of hydrogen-bond donors (Lipinski definition) is 2. The lowest BCUT2D eigenvalue weighted by Crippen LogP contribution is -2.27. The van der Waals surface area contributed by atoms with E-state index in [9.17, 15) is 9.59 Å². The Labute approximate surface area is 148 Å². The molecule has 0 unspecified atom stereocenters. The first kappa shape index (κ1) is 18.8. The van der Waals surface area contributed by atoms with E-state index in [2.05, 4.69) is 17.2 Å². The molecular weight excluding hydrogens is 316 g/mol. The lowest BCUT2D eigenvalue weighted by molar-refractivity contribution is 0.0525. The van der Waals surface area contributed by atoms with Gasteiger partial charge in [0.1, 0.15) is 0 Å². The van der Waals surface area contributed by atoms with Gasteiger partial charge in [-0.25, -0.2) is 4.79 Å². The number of rotatable bonds is 6. The van der Waals surface area contributed by atoms with Crippen LogP contribution in [0.15, 0.2) is 18.2 Å². The van der Waals surface area contributed by atoms with Crippen LogP contribution in [0.1, 0.15) is 57.1 Å². The Balaban J connectivity index is 2.23. The molecule has 1 aromatic heterocycles. The summed E-state index contributed by atoms with van der Waals surface area (Å²) >= 11 is 0. The quantitative estimate of drug-likeness (QED) is 0.612. The smallest absolute Gasteiger partial charge is 0.340 e. The molecule has 2 N–H and O–H groups in total. The third kappa shape index (κ3) is 3.92. The second-order valence-electron chi connectivity index (χ2n) is 6.37. The number of anilines is 1. The third-order valence-corrected chi connectivity index (χ3v) is 4.45. The second-order valence-corrected chi connectivity index (χ2v) is 6.37. The lowest BCUT2D eigenvalue weighted by atomic mass is 10.0. The predicted molar refractivity (Wildman–Crippen MR) is 99.6 cm³/mol. The lowest BCUT2D eigenvalue weighted by Gasteiger charge is -2.15. The third-order valence-electron chi connectivity index (χ3n) is 4.45. The van der Waals surface area contributed by atoms with Crippen molar-refractivity contribution < 1.29 is 14.3 Å². The zero-order valence-corrected chi connectivity index (χ0v) is 15.7. The molecule has 5 heteroatoms. The molecule has 0 fully saturated rings. The van der Waals surface area contributed by atoms with Gasteiger partial charge in [-0.3, -0.25) is 4.79 Å². The van der Waals surface area contributed by atoms with E-state index in [4.69, 9.17) is 4.74 Å². The maximum absolute atomic E-state index is 12.8. The average molecular weight is 342 g/mol. The van der Waals surface area contributed by atoms with E-state index in [1.165, 1.54) is 11.1 Å². The Morgan fingerprint density at radius 1 is 1.16 bits per heavy atom. The van der Waals surface area contributed by atoms with Crippen molar-refractivity contribution >= 4 is 17.4 Å². The molecule has 25 heavy (non-hydrogen) atoms.